The molecule has 1 aromatic rings. The third-order valence-corrected chi connectivity index (χ3v) is 5.74. The number of phenolic OH excluding ortho intramolecular Hbond substituents is 1. The number of phenols is 1. The minimum absolute atomic E-state index is 0.0152. The van der Waals surface area contributed by atoms with Crippen LogP contribution < -0.4 is 4.74 Å². The highest BCUT2D eigenvalue weighted by Crippen LogP contribution is 2.42. The Bertz CT molecular complexity index is 780. The predicted octanol–water partition coefficient (Wildman–Crippen LogP) is 3.76. The van der Waals surface area contributed by atoms with Gasteiger partial charge in [0.1, 0.15) is 23.7 Å². The summed E-state index contributed by atoms with van der Waals surface area (Å²) in [4.78, 5) is 23.5. The molecule has 2 N–H and O–H groups in total. The van der Waals surface area contributed by atoms with Gasteiger partial charge in [0.15, 0.2) is 0 Å². The van der Waals surface area contributed by atoms with E-state index in [0.29, 0.717) is 29.7 Å². The van der Waals surface area contributed by atoms with Gasteiger partial charge in [-0.3, -0.25) is 4.79 Å². The average Bonchev–Trinajstić information content (AvgIpc) is 2.87. The Morgan fingerprint density at radius 1 is 1.30 bits per heavy atom. The molecule has 6 nitrogen and oxygen atoms in total. The van der Waals surface area contributed by atoms with E-state index in [-0.39, 0.29) is 29.8 Å². The number of methoxy groups -OCH3 is 1. The molecule has 1 aliphatic carbocycles. The lowest BCUT2D eigenvalue weighted by molar-refractivity contribution is -0.143. The molecule has 2 unspecified atom stereocenters. The van der Waals surface area contributed by atoms with Crippen LogP contribution in [0.3, 0.4) is 0 Å². The number of hydrogen-bond acceptors (Lipinski definition) is 5. The van der Waals surface area contributed by atoms with E-state index in [4.69, 9.17) is 9.47 Å². The van der Waals surface area contributed by atoms with Crippen molar-refractivity contribution in [3.05, 3.63) is 34.4 Å². The number of cyclic esters (lactones) is 1. The number of fused-ring (bicyclic) bond motifs is 1. The highest BCUT2D eigenvalue weighted by Gasteiger charge is 2.32. The number of hydrogen-bond donors (Lipinski definition) is 2. The fraction of sp³-hybridized carbons (Fsp3) is 0.524. The molecular weight excluding hydrogens is 348 g/mol. The van der Waals surface area contributed by atoms with Crippen LogP contribution >= 0.6 is 0 Å². The first kappa shape index (κ1) is 19.3. The zero-order valence-electron chi connectivity index (χ0n) is 15.8. The second-order valence-corrected chi connectivity index (χ2v) is 7.29. The van der Waals surface area contributed by atoms with E-state index in [0.717, 1.165) is 31.2 Å². The number of rotatable bonds is 5. The molecule has 0 spiro atoms. The number of esters is 1. The molecule has 2 atom stereocenters. The third kappa shape index (κ3) is 3.66. The minimum atomic E-state index is -0.747. The van der Waals surface area contributed by atoms with Crippen molar-refractivity contribution in [3.8, 4) is 11.5 Å². The van der Waals surface area contributed by atoms with Crippen molar-refractivity contribution in [1.29, 1.82) is 0 Å². The number of carboxylic acid groups (broad SMARTS) is 1. The van der Waals surface area contributed by atoms with Crippen LogP contribution in [0, 0.1) is 18.8 Å². The number of ether oxygens (including phenoxy) is 2. The van der Waals surface area contributed by atoms with Crippen LogP contribution in [0.5, 0.6) is 11.5 Å². The van der Waals surface area contributed by atoms with Gasteiger partial charge >= 0.3 is 11.9 Å². The van der Waals surface area contributed by atoms with Crippen LogP contribution in [-0.2, 0) is 22.6 Å². The normalized spacial score (nSPS) is 22.4. The zero-order valence-corrected chi connectivity index (χ0v) is 15.8. The minimum Gasteiger partial charge on any atom is -0.507 e. The number of allylic oxidation sites excluding steroid dienone is 2. The smallest absolute Gasteiger partial charge is 0.342 e. The van der Waals surface area contributed by atoms with Crippen molar-refractivity contribution < 1.29 is 29.3 Å². The van der Waals surface area contributed by atoms with Gasteiger partial charge in [0, 0.05) is 11.1 Å². The molecule has 146 valence electrons. The van der Waals surface area contributed by atoms with E-state index in [1.165, 1.54) is 7.11 Å². The average molecular weight is 374 g/mol. The summed E-state index contributed by atoms with van der Waals surface area (Å²) in [7, 11) is 1.53. The Morgan fingerprint density at radius 3 is 2.74 bits per heavy atom. The lowest BCUT2D eigenvalue weighted by atomic mass is 9.87. The molecular formula is C21H26O6. The third-order valence-electron chi connectivity index (χ3n) is 5.74. The van der Waals surface area contributed by atoms with Crippen molar-refractivity contribution in [1.82, 2.24) is 0 Å². The van der Waals surface area contributed by atoms with E-state index in [2.05, 4.69) is 0 Å². The summed E-state index contributed by atoms with van der Waals surface area (Å²) in [6, 6.07) is 0. The van der Waals surface area contributed by atoms with Gasteiger partial charge in [-0.2, -0.15) is 0 Å². The molecule has 1 fully saturated rings. The summed E-state index contributed by atoms with van der Waals surface area (Å²) >= 11 is 0. The number of aromatic hydroxyl groups is 1. The molecule has 0 radical (unpaired) electrons. The van der Waals surface area contributed by atoms with Crippen LogP contribution in [0.25, 0.3) is 0 Å². The highest BCUT2D eigenvalue weighted by molar-refractivity contribution is 5.98. The maximum Gasteiger partial charge on any atom is 0.342 e. The van der Waals surface area contributed by atoms with E-state index in [1.54, 1.807) is 0 Å². The maximum atomic E-state index is 12.0. The molecule has 2 aliphatic rings. The fourth-order valence-corrected chi connectivity index (χ4v) is 4.26. The first-order chi connectivity index (χ1) is 13.0. The standard InChI is InChI=1S/C21H26O6/c1-12-16-11-27-21(25)17(16)18(22)15(19(12)26-2)10-6-8-13-7-4-3-5-9-14(13)20(23)24/h6,8,13-14,22H,3-5,7,9-11H2,1-2H3,(H,23,24). The Kier molecular flexibility index (Phi) is 5.73. The first-order valence-electron chi connectivity index (χ1n) is 9.43. The Hall–Kier alpha value is -2.50. The van der Waals surface area contributed by atoms with E-state index >= 15 is 0 Å². The molecule has 27 heavy (non-hydrogen) atoms. The number of carbonyl (C=O) groups excluding carboxylic acids is 1. The van der Waals surface area contributed by atoms with Crippen LogP contribution in [-0.4, -0.2) is 29.3 Å². The molecule has 0 amide bonds. The molecule has 0 aromatic heterocycles. The van der Waals surface area contributed by atoms with Crippen molar-refractivity contribution in [3.63, 3.8) is 0 Å². The monoisotopic (exact) mass is 374 g/mol. The first-order valence-corrected chi connectivity index (χ1v) is 9.43. The summed E-state index contributed by atoms with van der Waals surface area (Å²) in [6.07, 6.45) is 8.78. The van der Waals surface area contributed by atoms with Crippen molar-refractivity contribution >= 4 is 11.9 Å². The lowest BCUT2D eigenvalue weighted by Gasteiger charge is -2.18. The largest absolute Gasteiger partial charge is 0.507 e. The van der Waals surface area contributed by atoms with Crippen LogP contribution in [0.2, 0.25) is 0 Å². The second kappa shape index (κ2) is 8.03. The van der Waals surface area contributed by atoms with E-state index < -0.39 is 11.9 Å². The summed E-state index contributed by atoms with van der Waals surface area (Å²) in [5, 5.41) is 20.1. The molecule has 0 saturated heterocycles. The number of benzene rings is 1. The van der Waals surface area contributed by atoms with Gasteiger partial charge in [-0.25, -0.2) is 4.79 Å². The van der Waals surface area contributed by atoms with Gasteiger partial charge in [-0.05, 0) is 37.7 Å². The SMILES string of the molecule is COc1c(C)c2c(c(O)c1CC=CC1CCCCCC1C(=O)O)C(=O)OC2. The number of aliphatic carboxylic acids is 1. The maximum absolute atomic E-state index is 12.0. The number of carbonyl (C=O) groups is 2. The molecule has 3 rings (SSSR count). The fourth-order valence-electron chi connectivity index (χ4n) is 4.26. The molecule has 1 heterocycles. The van der Waals surface area contributed by atoms with Crippen LogP contribution in [0.1, 0.15) is 59.2 Å². The van der Waals surface area contributed by atoms with E-state index in [9.17, 15) is 19.8 Å². The van der Waals surface area contributed by atoms with Gasteiger partial charge < -0.3 is 19.7 Å². The van der Waals surface area contributed by atoms with Crippen LogP contribution in [0.15, 0.2) is 12.2 Å². The Balaban J connectivity index is 1.88. The summed E-state index contributed by atoms with van der Waals surface area (Å²) in [6.45, 7) is 1.99. The van der Waals surface area contributed by atoms with Gasteiger partial charge in [0.05, 0.1) is 13.0 Å². The van der Waals surface area contributed by atoms with Gasteiger partial charge in [0.25, 0.3) is 0 Å². The Morgan fingerprint density at radius 2 is 2.04 bits per heavy atom. The quantitative estimate of drug-likeness (QED) is 0.463. The van der Waals surface area contributed by atoms with Crippen LogP contribution in [0.4, 0.5) is 0 Å². The second-order valence-electron chi connectivity index (χ2n) is 7.29. The summed E-state index contributed by atoms with van der Waals surface area (Å²) in [5.74, 6) is -1.20. The van der Waals surface area contributed by atoms with E-state index in [1.807, 2.05) is 19.1 Å². The predicted molar refractivity (Wildman–Crippen MR) is 99.1 cm³/mol. The van der Waals surface area contributed by atoms with Gasteiger partial charge in [-0.1, -0.05) is 31.4 Å². The lowest BCUT2D eigenvalue weighted by Crippen LogP contribution is -2.21. The topological polar surface area (TPSA) is 93.1 Å². The van der Waals surface area contributed by atoms with Crippen molar-refractivity contribution in [2.45, 2.75) is 52.1 Å². The van der Waals surface area contributed by atoms with Crippen molar-refractivity contribution in [2.24, 2.45) is 11.8 Å². The molecule has 1 saturated carbocycles. The summed E-state index contributed by atoms with van der Waals surface area (Å²) in [5.41, 5.74) is 2.20. The zero-order chi connectivity index (χ0) is 19.6. The number of carboxylic acids is 1. The summed E-state index contributed by atoms with van der Waals surface area (Å²) < 4.78 is 10.5. The highest BCUT2D eigenvalue weighted by atomic mass is 16.5. The molecule has 1 aromatic carbocycles. The molecule has 0 bridgehead atoms. The molecule has 6 heteroatoms. The van der Waals surface area contributed by atoms with Gasteiger partial charge in [-0.15, -0.1) is 0 Å². The molecule has 1 aliphatic heterocycles. The Labute approximate surface area is 158 Å². The van der Waals surface area contributed by atoms with Gasteiger partial charge in [0.2, 0.25) is 0 Å². The van der Waals surface area contributed by atoms with Crippen molar-refractivity contribution in [2.75, 3.05) is 7.11 Å².